The van der Waals surface area contributed by atoms with E-state index >= 15 is 0 Å². The van der Waals surface area contributed by atoms with Crippen molar-refractivity contribution < 1.29 is 24.2 Å². The first-order chi connectivity index (χ1) is 5.63. The Morgan fingerprint density at radius 1 is 1.58 bits per heavy atom. The summed E-state index contributed by atoms with van der Waals surface area (Å²) < 4.78 is 9.30. The molecule has 0 aliphatic carbocycles. The standard InChI is InChI=1S/C7H10O5/c1-2-12-6(10)7(5(8)9)3-11-4-7/h2-4H2,1H3,(H,8,9). The molecule has 1 N–H and O–H groups in total. The van der Waals surface area contributed by atoms with Crippen LogP contribution in [-0.4, -0.2) is 36.9 Å². The lowest BCUT2D eigenvalue weighted by atomic mass is 9.86. The Kier molecular flexibility index (Phi) is 2.32. The number of carboxylic acid groups (broad SMARTS) is 1. The molecule has 1 fully saturated rings. The summed E-state index contributed by atoms with van der Waals surface area (Å²) in [5.74, 6) is -1.88. The number of hydrogen-bond donors (Lipinski definition) is 1. The third kappa shape index (κ3) is 1.16. The molecule has 1 aliphatic heterocycles. The highest BCUT2D eigenvalue weighted by Gasteiger charge is 2.54. The van der Waals surface area contributed by atoms with E-state index in [0.29, 0.717) is 0 Å². The second-order valence-corrected chi connectivity index (χ2v) is 2.60. The predicted octanol–water partition coefficient (Wildman–Crippen LogP) is -0.349. The van der Waals surface area contributed by atoms with Gasteiger partial charge in [0.15, 0.2) is 0 Å². The fourth-order valence-electron chi connectivity index (χ4n) is 0.904. The van der Waals surface area contributed by atoms with Crippen LogP contribution in [0.3, 0.4) is 0 Å². The molecule has 0 unspecified atom stereocenters. The van der Waals surface area contributed by atoms with Crippen LogP contribution in [0.15, 0.2) is 0 Å². The molecular formula is C7H10O5. The van der Waals surface area contributed by atoms with Crippen molar-refractivity contribution in [1.82, 2.24) is 0 Å². The van der Waals surface area contributed by atoms with Crippen LogP contribution in [0.5, 0.6) is 0 Å². The molecule has 0 atom stereocenters. The second kappa shape index (κ2) is 3.10. The lowest BCUT2D eigenvalue weighted by molar-refractivity contribution is -0.199. The van der Waals surface area contributed by atoms with Gasteiger partial charge in [0, 0.05) is 0 Å². The predicted molar refractivity (Wildman–Crippen MR) is 37.5 cm³/mol. The maximum Gasteiger partial charge on any atom is 0.328 e. The van der Waals surface area contributed by atoms with Gasteiger partial charge in [0.05, 0.1) is 19.8 Å². The van der Waals surface area contributed by atoms with Gasteiger partial charge in [0.1, 0.15) is 0 Å². The summed E-state index contributed by atoms with van der Waals surface area (Å²) in [4.78, 5) is 21.7. The highest BCUT2D eigenvalue weighted by molar-refractivity contribution is 6.00. The van der Waals surface area contributed by atoms with Crippen LogP contribution in [0.25, 0.3) is 0 Å². The SMILES string of the molecule is CCOC(=O)C1(C(=O)O)COC1. The van der Waals surface area contributed by atoms with Crippen molar-refractivity contribution in [3.05, 3.63) is 0 Å². The monoisotopic (exact) mass is 174 g/mol. The van der Waals surface area contributed by atoms with Gasteiger partial charge in [-0.15, -0.1) is 0 Å². The van der Waals surface area contributed by atoms with Crippen LogP contribution < -0.4 is 0 Å². The van der Waals surface area contributed by atoms with E-state index in [1.165, 1.54) is 0 Å². The Morgan fingerprint density at radius 3 is 2.42 bits per heavy atom. The summed E-state index contributed by atoms with van der Waals surface area (Å²) in [5.41, 5.74) is -1.43. The number of aliphatic carboxylic acids is 1. The van der Waals surface area contributed by atoms with Crippen molar-refractivity contribution >= 4 is 11.9 Å². The van der Waals surface area contributed by atoms with Gasteiger partial charge in [0.2, 0.25) is 5.41 Å². The smallest absolute Gasteiger partial charge is 0.328 e. The van der Waals surface area contributed by atoms with Crippen molar-refractivity contribution in [2.24, 2.45) is 5.41 Å². The zero-order valence-electron chi connectivity index (χ0n) is 6.70. The third-order valence-electron chi connectivity index (χ3n) is 1.77. The zero-order valence-corrected chi connectivity index (χ0v) is 6.70. The molecule has 5 heteroatoms. The second-order valence-electron chi connectivity index (χ2n) is 2.60. The van der Waals surface area contributed by atoms with Crippen molar-refractivity contribution in [2.45, 2.75) is 6.92 Å². The molecule has 0 spiro atoms. The molecule has 0 saturated carbocycles. The van der Waals surface area contributed by atoms with Crippen molar-refractivity contribution in [3.8, 4) is 0 Å². The van der Waals surface area contributed by atoms with E-state index < -0.39 is 17.4 Å². The summed E-state index contributed by atoms with van der Waals surface area (Å²) in [6.07, 6.45) is 0. The first-order valence-corrected chi connectivity index (χ1v) is 3.62. The van der Waals surface area contributed by atoms with Crippen LogP contribution >= 0.6 is 0 Å². The Labute approximate surface area is 69.3 Å². The van der Waals surface area contributed by atoms with Gasteiger partial charge < -0.3 is 14.6 Å². The highest BCUT2D eigenvalue weighted by Crippen LogP contribution is 2.29. The Hall–Kier alpha value is -1.10. The fraction of sp³-hybridized carbons (Fsp3) is 0.714. The average Bonchev–Trinajstić information content (AvgIpc) is 1.83. The lowest BCUT2D eigenvalue weighted by Gasteiger charge is -2.34. The van der Waals surface area contributed by atoms with E-state index in [2.05, 4.69) is 9.47 Å². The van der Waals surface area contributed by atoms with Gasteiger partial charge >= 0.3 is 11.9 Å². The minimum absolute atomic E-state index is 0.0822. The van der Waals surface area contributed by atoms with E-state index in [0.717, 1.165) is 0 Å². The topological polar surface area (TPSA) is 72.8 Å². The maximum absolute atomic E-state index is 11.1. The molecule has 1 rings (SSSR count). The normalized spacial score (nSPS) is 19.4. The van der Waals surface area contributed by atoms with Crippen molar-refractivity contribution in [2.75, 3.05) is 19.8 Å². The van der Waals surface area contributed by atoms with Crippen molar-refractivity contribution in [1.29, 1.82) is 0 Å². The number of hydrogen-bond acceptors (Lipinski definition) is 4. The maximum atomic E-state index is 11.1. The zero-order chi connectivity index (χ0) is 9.19. The summed E-state index contributed by atoms with van der Waals surface area (Å²) in [5, 5.41) is 8.70. The molecule has 68 valence electrons. The van der Waals surface area contributed by atoms with Gasteiger partial charge in [-0.25, -0.2) is 0 Å². The van der Waals surface area contributed by atoms with Crippen LogP contribution in [0.1, 0.15) is 6.92 Å². The fourth-order valence-corrected chi connectivity index (χ4v) is 0.904. The van der Waals surface area contributed by atoms with Gasteiger partial charge in [0.25, 0.3) is 0 Å². The summed E-state index contributed by atoms with van der Waals surface area (Å²) in [6, 6.07) is 0. The largest absolute Gasteiger partial charge is 0.480 e. The Bertz CT molecular complexity index is 206. The van der Waals surface area contributed by atoms with Crippen LogP contribution in [-0.2, 0) is 19.1 Å². The number of ether oxygens (including phenoxy) is 2. The Morgan fingerprint density at radius 2 is 2.17 bits per heavy atom. The molecule has 0 bridgehead atoms. The van der Waals surface area contributed by atoms with Crippen molar-refractivity contribution in [3.63, 3.8) is 0 Å². The highest BCUT2D eigenvalue weighted by atomic mass is 16.6. The first kappa shape index (κ1) is 8.99. The van der Waals surface area contributed by atoms with Crippen LogP contribution in [0.2, 0.25) is 0 Å². The molecular weight excluding hydrogens is 164 g/mol. The van der Waals surface area contributed by atoms with Gasteiger partial charge in [-0.1, -0.05) is 0 Å². The molecule has 0 aromatic carbocycles. The van der Waals surface area contributed by atoms with Crippen LogP contribution in [0.4, 0.5) is 0 Å². The Balaban J connectivity index is 2.67. The lowest BCUT2D eigenvalue weighted by Crippen LogP contribution is -2.55. The van der Waals surface area contributed by atoms with E-state index in [1.807, 2.05) is 0 Å². The number of esters is 1. The molecule has 1 saturated heterocycles. The number of carbonyl (C=O) groups excluding carboxylic acids is 1. The molecule has 0 aromatic heterocycles. The minimum Gasteiger partial charge on any atom is -0.480 e. The molecule has 1 heterocycles. The minimum atomic E-state index is -1.43. The van der Waals surface area contributed by atoms with E-state index in [9.17, 15) is 9.59 Å². The van der Waals surface area contributed by atoms with E-state index in [-0.39, 0.29) is 19.8 Å². The first-order valence-electron chi connectivity index (χ1n) is 3.62. The molecule has 1 aliphatic rings. The third-order valence-corrected chi connectivity index (χ3v) is 1.77. The number of rotatable bonds is 3. The average molecular weight is 174 g/mol. The summed E-state index contributed by atoms with van der Waals surface area (Å²) in [6.45, 7) is 1.66. The van der Waals surface area contributed by atoms with E-state index in [1.54, 1.807) is 6.92 Å². The summed E-state index contributed by atoms with van der Waals surface area (Å²) in [7, 11) is 0. The van der Waals surface area contributed by atoms with Gasteiger partial charge in [-0.3, -0.25) is 9.59 Å². The molecule has 0 aromatic rings. The molecule has 12 heavy (non-hydrogen) atoms. The summed E-state index contributed by atoms with van der Waals surface area (Å²) >= 11 is 0. The van der Waals surface area contributed by atoms with Gasteiger partial charge in [-0.05, 0) is 6.92 Å². The van der Waals surface area contributed by atoms with Crippen LogP contribution in [0, 0.1) is 5.41 Å². The molecule has 0 radical (unpaired) electrons. The molecule has 0 amide bonds. The number of carboxylic acids is 1. The quantitative estimate of drug-likeness (QED) is 0.467. The number of carbonyl (C=O) groups is 2. The van der Waals surface area contributed by atoms with Gasteiger partial charge in [-0.2, -0.15) is 0 Å². The van der Waals surface area contributed by atoms with E-state index in [4.69, 9.17) is 5.11 Å². The molecule has 5 nitrogen and oxygen atoms in total.